The number of hydrogen-bond donors (Lipinski definition) is 2. The Kier molecular flexibility index (Phi) is 36.8. The second kappa shape index (κ2) is 28.6. The van der Waals surface area contributed by atoms with E-state index < -0.39 is 0 Å². The van der Waals surface area contributed by atoms with Gasteiger partial charge in [0.2, 0.25) is 0 Å². The molecule has 0 saturated heterocycles. The fourth-order valence-electron chi connectivity index (χ4n) is 1.78. The predicted molar refractivity (Wildman–Crippen MR) is 109 cm³/mol. The van der Waals surface area contributed by atoms with Crippen LogP contribution >= 0.6 is 0 Å². The van der Waals surface area contributed by atoms with Crippen molar-refractivity contribution in [1.82, 2.24) is 0 Å². The molecule has 0 aliphatic carbocycles. The average Bonchev–Trinajstić information content (AvgIpc) is 2.66. The van der Waals surface area contributed by atoms with Crippen LogP contribution in [0.5, 0.6) is 0 Å². The maximum absolute atomic E-state index is 8.25. The van der Waals surface area contributed by atoms with Crippen molar-refractivity contribution in [2.45, 2.75) is 92.9 Å². The van der Waals surface area contributed by atoms with Crippen molar-refractivity contribution in [3.05, 3.63) is 13.8 Å². The number of unbranched alkanes of at least 4 members (excludes halogenated alkanes) is 2. The van der Waals surface area contributed by atoms with E-state index in [1.54, 1.807) is 13.8 Å². The molecule has 2 N–H and O–H groups in total. The van der Waals surface area contributed by atoms with E-state index in [1.807, 2.05) is 0 Å². The first-order valence-corrected chi connectivity index (χ1v) is 10.8. The Morgan fingerprint density at radius 2 is 1.11 bits per heavy atom. The molecule has 0 aliphatic rings. The van der Waals surface area contributed by atoms with E-state index in [-0.39, 0.29) is 18.6 Å². The maximum atomic E-state index is 8.25. The van der Waals surface area contributed by atoms with Crippen molar-refractivity contribution in [1.29, 1.82) is 0 Å². The molecule has 0 heterocycles. The first kappa shape index (κ1) is 34.8. The van der Waals surface area contributed by atoms with Gasteiger partial charge in [0.25, 0.3) is 0 Å². The fourth-order valence-corrected chi connectivity index (χ4v) is 1.78. The van der Waals surface area contributed by atoms with Crippen LogP contribution in [0.4, 0.5) is 0 Å². The summed E-state index contributed by atoms with van der Waals surface area (Å²) in [5.41, 5.74) is -0.344. The van der Waals surface area contributed by atoms with E-state index in [1.165, 1.54) is 51.4 Å². The van der Waals surface area contributed by atoms with Gasteiger partial charge in [-0.05, 0) is 0 Å². The van der Waals surface area contributed by atoms with Crippen LogP contribution in [0, 0.1) is 31.1 Å². The summed E-state index contributed by atoms with van der Waals surface area (Å²) < 4.78 is 8.25. The standard InChI is InChI=1S/2C8H17.C5H12O4.O.Ti/c2*1-4-6-7-8(3)5-2;1-5(2,3-8-6)4-9-7;;/h2*8H,3-7H2,1-2H3;6-7H,3-4H2,1-2H3;;/q2*-1;;;+2. The van der Waals surface area contributed by atoms with Gasteiger partial charge in [0.15, 0.2) is 0 Å². The van der Waals surface area contributed by atoms with Gasteiger partial charge in [0.05, 0.1) is 13.2 Å². The molecular weight excluding hydrogens is 380 g/mol. The van der Waals surface area contributed by atoms with E-state index >= 15 is 0 Å². The second-order valence-corrected chi connectivity index (χ2v) is 7.54. The molecule has 0 saturated carbocycles. The summed E-state index contributed by atoms with van der Waals surface area (Å²) in [5, 5.41) is 16.0. The van der Waals surface area contributed by atoms with Crippen LogP contribution in [0.25, 0.3) is 0 Å². The minimum atomic E-state index is -0.344. The Hall–Kier alpha value is 0.354. The van der Waals surface area contributed by atoms with Crippen molar-refractivity contribution in [2.24, 2.45) is 17.3 Å². The summed E-state index contributed by atoms with van der Waals surface area (Å²) in [6.45, 7) is 20.7. The van der Waals surface area contributed by atoms with Crippen LogP contribution in [0.1, 0.15) is 92.9 Å². The van der Waals surface area contributed by atoms with Gasteiger partial charge in [0.1, 0.15) is 0 Å². The third-order valence-electron chi connectivity index (χ3n) is 4.00. The van der Waals surface area contributed by atoms with Crippen molar-refractivity contribution < 1.29 is 44.0 Å². The number of hydrogen-bond acceptors (Lipinski definition) is 5. The van der Waals surface area contributed by atoms with Gasteiger partial charge < -0.3 is 13.8 Å². The third kappa shape index (κ3) is 37.7. The quantitative estimate of drug-likeness (QED) is 0.153. The zero-order chi connectivity index (χ0) is 22.1. The number of rotatable bonds is 12. The molecule has 164 valence electrons. The van der Waals surface area contributed by atoms with Crippen LogP contribution in [-0.4, -0.2) is 23.7 Å². The fraction of sp³-hybridized carbons (Fsp3) is 0.905. The molecule has 5 nitrogen and oxygen atoms in total. The molecule has 27 heavy (non-hydrogen) atoms. The Morgan fingerprint density at radius 1 is 0.815 bits per heavy atom. The zero-order valence-electron chi connectivity index (χ0n) is 18.8. The molecule has 2 atom stereocenters. The summed E-state index contributed by atoms with van der Waals surface area (Å²) in [7, 11) is 0. The molecule has 0 spiro atoms. The van der Waals surface area contributed by atoms with Gasteiger partial charge in [0, 0.05) is 5.41 Å². The molecule has 6 heteroatoms. The second-order valence-electron chi connectivity index (χ2n) is 7.54. The van der Waals surface area contributed by atoms with Crippen molar-refractivity contribution >= 4 is 0 Å². The van der Waals surface area contributed by atoms with Gasteiger partial charge >= 0.3 is 23.7 Å². The minimum absolute atomic E-state index is 0.146. The summed E-state index contributed by atoms with van der Waals surface area (Å²) in [4.78, 5) is 7.74. The third-order valence-corrected chi connectivity index (χ3v) is 4.00. The molecule has 0 aromatic rings. The van der Waals surface area contributed by atoms with Crippen molar-refractivity contribution in [3.8, 4) is 0 Å². The van der Waals surface area contributed by atoms with Crippen molar-refractivity contribution in [2.75, 3.05) is 13.2 Å². The molecule has 0 rings (SSSR count). The topological polar surface area (TPSA) is 76.0 Å². The van der Waals surface area contributed by atoms with Gasteiger partial charge in [-0.25, -0.2) is 9.78 Å². The summed E-state index contributed by atoms with van der Waals surface area (Å²) in [5.74, 6) is 1.41. The summed E-state index contributed by atoms with van der Waals surface area (Å²) in [6, 6.07) is 0. The SMILES string of the molecule is CC(C)(COO)COO.[CH2-]C(CC)CCCC.[CH2-]C(CC)CCCC.[O]=[Ti+2]. The molecular formula is C21H46O5Ti. The molecule has 2 unspecified atom stereocenters. The molecule has 0 aromatic heterocycles. The van der Waals surface area contributed by atoms with Gasteiger partial charge in [-0.3, -0.25) is 10.5 Å². The zero-order valence-corrected chi connectivity index (χ0v) is 20.3. The molecule has 0 radical (unpaired) electrons. The van der Waals surface area contributed by atoms with Crippen LogP contribution < -0.4 is 0 Å². The van der Waals surface area contributed by atoms with Gasteiger partial charge in [-0.2, -0.15) is 11.8 Å². The van der Waals surface area contributed by atoms with Gasteiger partial charge in [-0.15, -0.1) is 0 Å². The van der Waals surface area contributed by atoms with E-state index in [9.17, 15) is 0 Å². The first-order chi connectivity index (χ1) is 12.7. The van der Waals surface area contributed by atoms with Crippen molar-refractivity contribution in [3.63, 3.8) is 0 Å². The monoisotopic (exact) mass is 426 g/mol. The van der Waals surface area contributed by atoms with Gasteiger partial charge in [-0.1, -0.05) is 92.9 Å². The van der Waals surface area contributed by atoms with Crippen LogP contribution in [-0.2, 0) is 33.5 Å². The normalized spacial score (nSPS) is 12.4. The van der Waals surface area contributed by atoms with E-state index in [0.717, 1.165) is 20.4 Å². The Balaban J connectivity index is -0.000000140. The summed E-state index contributed by atoms with van der Waals surface area (Å²) in [6.07, 6.45) is 10.4. The van der Waals surface area contributed by atoms with Crippen LogP contribution in [0.15, 0.2) is 0 Å². The summed E-state index contributed by atoms with van der Waals surface area (Å²) >= 11 is 0.750. The van der Waals surface area contributed by atoms with E-state index in [2.05, 4.69) is 51.3 Å². The predicted octanol–water partition coefficient (Wildman–Crippen LogP) is 6.94. The van der Waals surface area contributed by atoms with E-state index in [0.29, 0.717) is 11.8 Å². The Labute approximate surface area is 181 Å². The molecule has 0 amide bonds. The van der Waals surface area contributed by atoms with Crippen LogP contribution in [0.2, 0.25) is 0 Å². The first-order valence-electron chi connectivity index (χ1n) is 10.1. The average molecular weight is 426 g/mol. The van der Waals surface area contributed by atoms with E-state index in [4.69, 9.17) is 13.8 Å². The molecule has 0 aliphatic heterocycles. The van der Waals surface area contributed by atoms with Crippen LogP contribution in [0.3, 0.4) is 0 Å². The Morgan fingerprint density at radius 3 is 1.30 bits per heavy atom. The molecule has 0 fully saturated rings. The molecule has 0 bridgehead atoms. The molecule has 0 aromatic carbocycles. The Bertz CT molecular complexity index is 231.